The molecule has 1 heterocycles. The van der Waals surface area contributed by atoms with Crippen molar-refractivity contribution in [3.05, 3.63) is 29.8 Å². The molecule has 0 saturated carbocycles. The van der Waals surface area contributed by atoms with Crippen LogP contribution < -0.4 is 10.6 Å². The normalized spacial score (nSPS) is 17.7. The molecule has 1 unspecified atom stereocenters. The third-order valence-corrected chi connectivity index (χ3v) is 4.28. The Morgan fingerprint density at radius 3 is 2.67 bits per heavy atom. The van der Waals surface area contributed by atoms with Crippen molar-refractivity contribution >= 4 is 12.1 Å². The topological polar surface area (TPSA) is 86.2 Å². The fraction of sp³-hybridized carbons (Fsp3) is 0.600. The van der Waals surface area contributed by atoms with Crippen LogP contribution in [0.15, 0.2) is 29.3 Å². The second-order valence-electron chi connectivity index (χ2n) is 7.82. The van der Waals surface area contributed by atoms with E-state index in [1.165, 1.54) is 5.56 Å². The molecule has 1 aromatic carbocycles. The lowest BCUT2D eigenvalue weighted by Crippen LogP contribution is -2.44. The van der Waals surface area contributed by atoms with Crippen molar-refractivity contribution in [3.63, 3.8) is 0 Å². The molecule has 0 aromatic heterocycles. The number of likely N-dealkylation sites (tertiary alicyclic amines) is 1. The zero-order chi connectivity index (χ0) is 19.9. The van der Waals surface area contributed by atoms with Gasteiger partial charge in [0, 0.05) is 26.7 Å². The molecule has 1 aliphatic heterocycles. The average molecular weight is 377 g/mol. The Labute approximate surface area is 161 Å². The van der Waals surface area contributed by atoms with Gasteiger partial charge in [0.25, 0.3) is 0 Å². The second kappa shape index (κ2) is 9.48. The molecule has 7 heteroatoms. The highest BCUT2D eigenvalue weighted by Crippen LogP contribution is 2.13. The lowest BCUT2D eigenvalue weighted by Gasteiger charge is -2.23. The average Bonchev–Trinajstić information content (AvgIpc) is 3.03. The summed E-state index contributed by atoms with van der Waals surface area (Å²) in [4.78, 5) is 18.4. The van der Waals surface area contributed by atoms with Crippen molar-refractivity contribution in [2.75, 3.05) is 26.7 Å². The smallest absolute Gasteiger partial charge is 0.407 e. The zero-order valence-corrected chi connectivity index (χ0v) is 16.8. The summed E-state index contributed by atoms with van der Waals surface area (Å²) < 4.78 is 5.32. The van der Waals surface area contributed by atoms with Crippen molar-refractivity contribution in [2.24, 2.45) is 4.99 Å². The first-order chi connectivity index (χ1) is 12.8. The monoisotopic (exact) mass is 376 g/mol. The molecule has 0 spiro atoms. The largest absolute Gasteiger partial charge is 0.508 e. The Hall–Kier alpha value is -2.44. The fourth-order valence-corrected chi connectivity index (χ4v) is 3.03. The van der Waals surface area contributed by atoms with Crippen molar-refractivity contribution in [1.82, 2.24) is 15.5 Å². The number of nitrogens with zero attached hydrogens (tertiary/aromatic N) is 2. The van der Waals surface area contributed by atoms with Gasteiger partial charge in [-0.25, -0.2) is 4.79 Å². The van der Waals surface area contributed by atoms with Crippen molar-refractivity contribution in [3.8, 4) is 5.75 Å². The summed E-state index contributed by atoms with van der Waals surface area (Å²) >= 11 is 0. The molecule has 1 fully saturated rings. The van der Waals surface area contributed by atoms with Crippen LogP contribution in [-0.2, 0) is 11.2 Å². The van der Waals surface area contributed by atoms with Gasteiger partial charge in [0.15, 0.2) is 5.96 Å². The number of hydrogen-bond donors (Lipinski definition) is 3. The number of benzene rings is 1. The third-order valence-electron chi connectivity index (χ3n) is 4.28. The Bertz CT molecular complexity index is 638. The van der Waals surface area contributed by atoms with Gasteiger partial charge in [-0.3, -0.25) is 4.99 Å². The standard InChI is InChI=1S/C20H32N4O3/c1-20(2,3)27-19(26)23-16-11-13-24(14-16)18(21-4)22-12-5-6-15-7-9-17(25)10-8-15/h7-10,16,25H,5-6,11-14H2,1-4H3,(H,21,22)(H,23,26). The van der Waals surface area contributed by atoms with Crippen LogP contribution in [0.1, 0.15) is 39.2 Å². The number of hydrogen-bond acceptors (Lipinski definition) is 4. The van der Waals surface area contributed by atoms with Crippen molar-refractivity contribution < 1.29 is 14.6 Å². The third kappa shape index (κ3) is 7.37. The summed E-state index contributed by atoms with van der Waals surface area (Å²) in [5.41, 5.74) is 0.713. The van der Waals surface area contributed by atoms with E-state index in [2.05, 4.69) is 20.5 Å². The highest BCUT2D eigenvalue weighted by Gasteiger charge is 2.27. The number of carbonyl (C=O) groups excluding carboxylic acids is 1. The Balaban J connectivity index is 1.71. The van der Waals surface area contributed by atoms with Gasteiger partial charge in [0.1, 0.15) is 11.4 Å². The number of aromatic hydroxyl groups is 1. The maximum Gasteiger partial charge on any atom is 0.407 e. The van der Waals surface area contributed by atoms with Gasteiger partial charge in [-0.15, -0.1) is 0 Å². The van der Waals surface area contributed by atoms with E-state index in [9.17, 15) is 9.90 Å². The van der Waals surface area contributed by atoms with Crippen molar-refractivity contribution in [2.45, 2.75) is 51.7 Å². The summed E-state index contributed by atoms with van der Waals surface area (Å²) in [6.45, 7) is 7.95. The molecule has 1 aromatic rings. The number of aliphatic imine (C=N–C) groups is 1. The minimum Gasteiger partial charge on any atom is -0.508 e. The first kappa shape index (κ1) is 20.9. The van der Waals surface area contributed by atoms with E-state index >= 15 is 0 Å². The lowest BCUT2D eigenvalue weighted by molar-refractivity contribution is 0.0507. The number of carbonyl (C=O) groups is 1. The van der Waals surface area contributed by atoms with Crippen LogP contribution in [-0.4, -0.2) is 60.4 Å². The number of rotatable bonds is 5. The first-order valence-electron chi connectivity index (χ1n) is 9.50. The highest BCUT2D eigenvalue weighted by molar-refractivity contribution is 5.80. The molecule has 0 aliphatic carbocycles. The van der Waals surface area contributed by atoms with Gasteiger partial charge in [-0.1, -0.05) is 12.1 Å². The predicted octanol–water partition coefficient (Wildman–Crippen LogP) is 2.50. The summed E-state index contributed by atoms with van der Waals surface area (Å²) in [6, 6.07) is 7.37. The Kier molecular flexibility index (Phi) is 7.33. The van der Waals surface area contributed by atoms with Crippen LogP contribution in [0.2, 0.25) is 0 Å². The predicted molar refractivity (Wildman–Crippen MR) is 107 cm³/mol. The van der Waals surface area contributed by atoms with E-state index < -0.39 is 5.60 Å². The molecule has 0 radical (unpaired) electrons. The quantitative estimate of drug-likeness (QED) is 0.418. The van der Waals surface area contributed by atoms with Crippen molar-refractivity contribution in [1.29, 1.82) is 0 Å². The molecule has 3 N–H and O–H groups in total. The number of guanidine groups is 1. The molecule has 1 amide bonds. The van der Waals surface area contributed by atoms with Crippen LogP contribution in [0.25, 0.3) is 0 Å². The highest BCUT2D eigenvalue weighted by atomic mass is 16.6. The number of alkyl carbamates (subject to hydrolysis) is 1. The van der Waals surface area contributed by atoms with Crippen LogP contribution in [0.5, 0.6) is 5.75 Å². The van der Waals surface area contributed by atoms with Crippen LogP contribution in [0.3, 0.4) is 0 Å². The molecular weight excluding hydrogens is 344 g/mol. The summed E-state index contributed by atoms with van der Waals surface area (Å²) in [5, 5.41) is 15.6. The maximum atomic E-state index is 11.9. The zero-order valence-electron chi connectivity index (χ0n) is 16.8. The molecule has 27 heavy (non-hydrogen) atoms. The van der Waals surface area contributed by atoms with E-state index in [4.69, 9.17) is 4.74 Å². The summed E-state index contributed by atoms with van der Waals surface area (Å²) in [5.74, 6) is 1.15. The molecule has 1 saturated heterocycles. The lowest BCUT2D eigenvalue weighted by atomic mass is 10.1. The van der Waals surface area contributed by atoms with Crippen LogP contribution in [0, 0.1) is 0 Å². The molecule has 2 rings (SSSR count). The van der Waals surface area contributed by atoms with Gasteiger partial charge in [0.05, 0.1) is 6.04 Å². The maximum absolute atomic E-state index is 11.9. The molecule has 7 nitrogen and oxygen atoms in total. The van der Waals surface area contributed by atoms with Gasteiger partial charge < -0.3 is 25.4 Å². The summed E-state index contributed by atoms with van der Waals surface area (Å²) in [7, 11) is 1.77. The Morgan fingerprint density at radius 2 is 2.04 bits per heavy atom. The number of ether oxygens (including phenoxy) is 1. The number of phenols is 1. The van der Waals surface area contributed by atoms with Gasteiger partial charge in [0.2, 0.25) is 0 Å². The number of phenolic OH excluding ortho intramolecular Hbond substituents is 1. The Morgan fingerprint density at radius 1 is 1.33 bits per heavy atom. The van der Waals surface area contributed by atoms with Crippen LogP contribution >= 0.6 is 0 Å². The molecule has 1 aliphatic rings. The minimum atomic E-state index is -0.489. The van der Waals surface area contributed by atoms with E-state index in [0.717, 1.165) is 44.9 Å². The number of amides is 1. The van der Waals surface area contributed by atoms with Gasteiger partial charge >= 0.3 is 6.09 Å². The fourth-order valence-electron chi connectivity index (χ4n) is 3.03. The molecular formula is C20H32N4O3. The molecule has 150 valence electrons. The summed E-state index contributed by atoms with van der Waals surface area (Å²) in [6.07, 6.45) is 2.41. The van der Waals surface area contributed by atoms with Gasteiger partial charge in [-0.2, -0.15) is 0 Å². The van der Waals surface area contributed by atoms with Gasteiger partial charge in [-0.05, 0) is 57.7 Å². The van der Waals surface area contributed by atoms with E-state index in [1.54, 1.807) is 19.2 Å². The van der Waals surface area contributed by atoms with Crippen LogP contribution in [0.4, 0.5) is 4.79 Å². The second-order valence-corrected chi connectivity index (χ2v) is 7.82. The molecule has 1 atom stereocenters. The van der Waals surface area contributed by atoms with E-state index in [-0.39, 0.29) is 12.1 Å². The SMILES string of the molecule is CN=C(NCCCc1ccc(O)cc1)N1CCC(NC(=O)OC(C)(C)C)C1. The first-order valence-corrected chi connectivity index (χ1v) is 9.50. The molecule has 0 bridgehead atoms. The van der Waals surface area contributed by atoms with E-state index in [1.807, 2.05) is 32.9 Å². The number of aryl methyl sites for hydroxylation is 1. The minimum absolute atomic E-state index is 0.0652. The number of nitrogens with one attached hydrogen (secondary N) is 2. The van der Waals surface area contributed by atoms with E-state index in [0.29, 0.717) is 5.75 Å².